The van der Waals surface area contributed by atoms with E-state index in [-0.39, 0.29) is 12.5 Å². The summed E-state index contributed by atoms with van der Waals surface area (Å²) in [5.41, 5.74) is 4.10. The summed E-state index contributed by atoms with van der Waals surface area (Å²) in [7, 11) is 1.55. The minimum atomic E-state index is -0.342. The first-order chi connectivity index (χ1) is 11.1. The number of hydrogen-bond donors (Lipinski definition) is 1. The monoisotopic (exact) mass is 376 g/mol. The molecule has 0 bridgehead atoms. The summed E-state index contributed by atoms with van der Waals surface area (Å²) < 4.78 is 11.5. The van der Waals surface area contributed by atoms with Gasteiger partial charge >= 0.3 is 0 Å². The lowest BCUT2D eigenvalue weighted by atomic mass is 10.1. The molecule has 0 saturated heterocycles. The first-order valence-corrected chi connectivity index (χ1v) is 7.74. The number of nitrogens with zero attached hydrogens (tertiary/aromatic N) is 1. The van der Waals surface area contributed by atoms with E-state index < -0.39 is 0 Å². The third kappa shape index (κ3) is 5.10. The highest BCUT2D eigenvalue weighted by Gasteiger charge is 2.06. The quantitative estimate of drug-likeness (QED) is 0.620. The molecule has 2 rings (SSSR count). The summed E-state index contributed by atoms with van der Waals surface area (Å²) in [6.07, 6.45) is 0. The number of nitrogens with one attached hydrogen (secondary N) is 1. The summed E-state index contributed by atoms with van der Waals surface area (Å²) in [4.78, 5) is 11.8. The highest BCUT2D eigenvalue weighted by Crippen LogP contribution is 2.25. The molecule has 0 radical (unpaired) electrons. The van der Waals surface area contributed by atoms with E-state index in [0.29, 0.717) is 17.2 Å². The molecule has 0 aliphatic heterocycles. The molecule has 1 amide bonds. The van der Waals surface area contributed by atoms with Gasteiger partial charge in [0.15, 0.2) is 18.1 Å². The molecule has 0 unspecified atom stereocenters. The summed E-state index contributed by atoms with van der Waals surface area (Å²) in [5, 5.41) is 4.08. The molecule has 6 heteroatoms. The van der Waals surface area contributed by atoms with Gasteiger partial charge in [-0.05, 0) is 36.8 Å². The predicted molar refractivity (Wildman–Crippen MR) is 93.0 cm³/mol. The van der Waals surface area contributed by atoms with Crippen LogP contribution < -0.4 is 14.9 Å². The second-order valence-corrected chi connectivity index (χ2v) is 5.60. The molecule has 23 heavy (non-hydrogen) atoms. The highest BCUT2D eigenvalue weighted by molar-refractivity contribution is 9.10. The van der Waals surface area contributed by atoms with Gasteiger partial charge in [0.1, 0.15) is 0 Å². The van der Waals surface area contributed by atoms with Crippen LogP contribution in [-0.4, -0.2) is 25.3 Å². The minimum absolute atomic E-state index is 0.143. The second kappa shape index (κ2) is 8.33. The molecule has 0 saturated carbocycles. The second-order valence-electron chi connectivity index (χ2n) is 4.68. The number of rotatable bonds is 6. The number of benzene rings is 2. The number of amides is 1. The summed E-state index contributed by atoms with van der Waals surface area (Å²) in [5.74, 6) is 0.747. The Bertz CT molecular complexity index is 716. The van der Waals surface area contributed by atoms with Crippen LogP contribution in [0.2, 0.25) is 0 Å². The van der Waals surface area contributed by atoms with Crippen LogP contribution in [-0.2, 0) is 4.79 Å². The highest BCUT2D eigenvalue weighted by atomic mass is 79.9. The number of hydrazone groups is 1. The maximum absolute atomic E-state index is 11.8. The zero-order valence-corrected chi connectivity index (χ0v) is 14.5. The Balaban J connectivity index is 1.91. The number of methoxy groups -OCH3 is 1. The number of para-hydroxylation sites is 2. The van der Waals surface area contributed by atoms with Gasteiger partial charge in [-0.1, -0.05) is 40.2 Å². The van der Waals surface area contributed by atoms with Gasteiger partial charge in [0.25, 0.3) is 5.91 Å². The molecule has 0 heterocycles. The number of halogens is 1. The van der Waals surface area contributed by atoms with Crippen molar-refractivity contribution in [3.05, 3.63) is 58.6 Å². The largest absolute Gasteiger partial charge is 0.493 e. The summed E-state index contributed by atoms with van der Waals surface area (Å²) in [6.45, 7) is 1.68. The fourth-order valence-electron chi connectivity index (χ4n) is 1.84. The average molecular weight is 377 g/mol. The fourth-order valence-corrected chi connectivity index (χ4v) is 2.24. The maximum Gasteiger partial charge on any atom is 0.277 e. The Hall–Kier alpha value is -2.34. The van der Waals surface area contributed by atoms with Gasteiger partial charge in [0.05, 0.1) is 12.8 Å². The van der Waals surface area contributed by atoms with E-state index in [1.807, 2.05) is 43.3 Å². The van der Waals surface area contributed by atoms with Gasteiger partial charge < -0.3 is 9.47 Å². The van der Waals surface area contributed by atoms with Crippen molar-refractivity contribution in [3.8, 4) is 11.5 Å². The van der Waals surface area contributed by atoms with Crippen LogP contribution in [0.5, 0.6) is 11.5 Å². The van der Waals surface area contributed by atoms with Gasteiger partial charge in [-0.25, -0.2) is 5.43 Å². The van der Waals surface area contributed by atoms with E-state index in [1.54, 1.807) is 19.2 Å². The van der Waals surface area contributed by atoms with Crippen LogP contribution in [0.25, 0.3) is 0 Å². The molecule has 0 aliphatic carbocycles. The van der Waals surface area contributed by atoms with E-state index in [2.05, 4.69) is 26.5 Å². The normalized spacial score (nSPS) is 11.0. The van der Waals surface area contributed by atoms with Crippen molar-refractivity contribution in [2.75, 3.05) is 13.7 Å². The van der Waals surface area contributed by atoms with Gasteiger partial charge in [0, 0.05) is 4.47 Å². The molecule has 5 nitrogen and oxygen atoms in total. The zero-order chi connectivity index (χ0) is 16.7. The molecule has 120 valence electrons. The van der Waals surface area contributed by atoms with E-state index in [0.717, 1.165) is 10.0 Å². The van der Waals surface area contributed by atoms with Crippen molar-refractivity contribution < 1.29 is 14.3 Å². The van der Waals surface area contributed by atoms with Gasteiger partial charge in [0.2, 0.25) is 0 Å². The van der Waals surface area contributed by atoms with E-state index >= 15 is 0 Å². The Morgan fingerprint density at radius 1 is 1.17 bits per heavy atom. The number of carbonyl (C=O) groups excluding carboxylic acids is 1. The Morgan fingerprint density at radius 3 is 2.61 bits per heavy atom. The van der Waals surface area contributed by atoms with Crippen molar-refractivity contribution in [2.24, 2.45) is 5.10 Å². The van der Waals surface area contributed by atoms with Gasteiger partial charge in [-0.15, -0.1) is 0 Å². The summed E-state index contributed by atoms with van der Waals surface area (Å²) >= 11 is 3.40. The lowest BCUT2D eigenvalue weighted by molar-refractivity contribution is -0.123. The third-order valence-electron chi connectivity index (χ3n) is 3.02. The molecule has 0 aromatic heterocycles. The molecule has 2 aromatic carbocycles. The van der Waals surface area contributed by atoms with Crippen molar-refractivity contribution in [1.29, 1.82) is 0 Å². The lowest BCUT2D eigenvalue weighted by Gasteiger charge is -2.09. The number of carbonyl (C=O) groups is 1. The predicted octanol–water partition coefficient (Wildman–Crippen LogP) is 3.38. The van der Waals surface area contributed by atoms with Crippen molar-refractivity contribution in [2.45, 2.75) is 6.92 Å². The minimum Gasteiger partial charge on any atom is -0.493 e. The van der Waals surface area contributed by atoms with Crippen LogP contribution in [0.3, 0.4) is 0 Å². The Kier molecular flexibility index (Phi) is 6.17. The molecular formula is C17H17BrN2O3. The molecule has 1 N–H and O–H groups in total. The molecule has 0 fully saturated rings. The van der Waals surface area contributed by atoms with Gasteiger partial charge in [-0.2, -0.15) is 5.10 Å². The Labute approximate surface area is 143 Å². The smallest absolute Gasteiger partial charge is 0.277 e. The SMILES string of the molecule is COc1ccccc1OCC(=O)N/N=C(/C)c1cccc(Br)c1. The van der Waals surface area contributed by atoms with Gasteiger partial charge in [-0.3, -0.25) is 4.79 Å². The standard InChI is InChI=1S/C17H17BrN2O3/c1-12(13-6-5-7-14(18)10-13)19-20-17(21)11-23-16-9-4-3-8-15(16)22-2/h3-10H,11H2,1-2H3,(H,20,21)/b19-12-. The first-order valence-electron chi connectivity index (χ1n) is 6.95. The van der Waals surface area contributed by atoms with Crippen LogP contribution in [0, 0.1) is 0 Å². The van der Waals surface area contributed by atoms with Crippen LogP contribution in [0.4, 0.5) is 0 Å². The van der Waals surface area contributed by atoms with Crippen molar-refractivity contribution in [1.82, 2.24) is 5.43 Å². The first kappa shape index (κ1) is 17.0. The zero-order valence-electron chi connectivity index (χ0n) is 12.9. The average Bonchev–Trinajstić information content (AvgIpc) is 2.58. The maximum atomic E-state index is 11.8. The van der Waals surface area contributed by atoms with Crippen molar-refractivity contribution in [3.63, 3.8) is 0 Å². The lowest BCUT2D eigenvalue weighted by Crippen LogP contribution is -2.25. The van der Waals surface area contributed by atoms with Crippen molar-refractivity contribution >= 4 is 27.5 Å². The van der Waals surface area contributed by atoms with E-state index in [9.17, 15) is 4.79 Å². The number of ether oxygens (including phenoxy) is 2. The topological polar surface area (TPSA) is 59.9 Å². The Morgan fingerprint density at radius 2 is 1.91 bits per heavy atom. The number of hydrogen-bond acceptors (Lipinski definition) is 4. The molecule has 0 atom stereocenters. The van der Waals surface area contributed by atoms with E-state index in [1.165, 1.54) is 0 Å². The van der Waals surface area contributed by atoms with Crippen LogP contribution in [0.15, 0.2) is 58.1 Å². The van der Waals surface area contributed by atoms with E-state index in [4.69, 9.17) is 9.47 Å². The summed E-state index contributed by atoms with van der Waals surface area (Å²) in [6, 6.07) is 14.8. The molecule has 2 aromatic rings. The van der Waals surface area contributed by atoms with Crippen LogP contribution in [0.1, 0.15) is 12.5 Å². The third-order valence-corrected chi connectivity index (χ3v) is 3.51. The van der Waals surface area contributed by atoms with Crippen LogP contribution >= 0.6 is 15.9 Å². The molecule has 0 aliphatic rings. The molecule has 0 spiro atoms. The molecular weight excluding hydrogens is 360 g/mol. The fraction of sp³-hybridized carbons (Fsp3) is 0.176.